The molecule has 0 aliphatic carbocycles. The van der Waals surface area contributed by atoms with Crippen LogP contribution in [0.25, 0.3) is 0 Å². The molecule has 1 unspecified atom stereocenters. The minimum absolute atomic E-state index is 0.0377. The number of oxime groups is 1. The van der Waals surface area contributed by atoms with Crippen LogP contribution in [0, 0.1) is 0 Å². The van der Waals surface area contributed by atoms with Gasteiger partial charge in [0.05, 0.1) is 24.3 Å². The largest absolute Gasteiger partial charge is 0.409 e. The number of ether oxygens (including phenoxy) is 1. The van der Waals surface area contributed by atoms with Gasteiger partial charge in [0.1, 0.15) is 5.82 Å². The Morgan fingerprint density at radius 1 is 1.70 bits per heavy atom. The zero-order valence-corrected chi connectivity index (χ0v) is 11.4. The van der Waals surface area contributed by atoms with Gasteiger partial charge in [0.15, 0.2) is 5.84 Å². The molecular formula is C12H19N5O3. The van der Waals surface area contributed by atoms with Crippen LogP contribution < -0.4 is 11.1 Å². The predicted octanol–water partition coefficient (Wildman–Crippen LogP) is 0.412. The average Bonchev–Trinajstić information content (AvgIpc) is 2.80. The molecule has 1 saturated heterocycles. The minimum atomic E-state index is -0.174. The lowest BCUT2D eigenvalue weighted by atomic mass is 10.1. The Hall–Kier alpha value is -2.09. The normalized spacial score (nSPS) is 19.9. The molecule has 1 aliphatic rings. The summed E-state index contributed by atoms with van der Waals surface area (Å²) >= 11 is 0. The van der Waals surface area contributed by atoms with Gasteiger partial charge in [-0.3, -0.25) is 9.48 Å². The van der Waals surface area contributed by atoms with Crippen LogP contribution in [-0.2, 0) is 16.6 Å². The Balaban J connectivity index is 2.02. The zero-order chi connectivity index (χ0) is 14.5. The number of carbonyl (C=O) groups excluding carboxylic acids is 1. The molecular weight excluding hydrogens is 262 g/mol. The fourth-order valence-corrected chi connectivity index (χ4v) is 2.19. The standard InChI is InChI=1S/C12H19N5O3/c1-17-12(9(7-14-17)11(13)16-19)15-10(18)6-8-4-2-3-5-20-8/h7-8,19H,2-6H2,1H3,(H2,13,16)(H,15,18). The van der Waals surface area contributed by atoms with Crippen molar-refractivity contribution in [2.45, 2.75) is 31.8 Å². The molecule has 1 aromatic heterocycles. The van der Waals surface area contributed by atoms with Crippen molar-refractivity contribution in [1.82, 2.24) is 9.78 Å². The molecule has 0 aromatic carbocycles. The van der Waals surface area contributed by atoms with Gasteiger partial charge in [-0.25, -0.2) is 0 Å². The van der Waals surface area contributed by atoms with E-state index in [1.54, 1.807) is 7.05 Å². The number of nitrogens with one attached hydrogen (secondary N) is 1. The van der Waals surface area contributed by atoms with E-state index in [2.05, 4.69) is 15.6 Å². The van der Waals surface area contributed by atoms with Crippen molar-refractivity contribution in [3.63, 3.8) is 0 Å². The number of aryl methyl sites for hydroxylation is 1. The average molecular weight is 281 g/mol. The second-order valence-corrected chi connectivity index (χ2v) is 4.76. The van der Waals surface area contributed by atoms with Gasteiger partial charge in [-0.1, -0.05) is 5.16 Å². The third-order valence-electron chi connectivity index (χ3n) is 3.27. The van der Waals surface area contributed by atoms with Crippen LogP contribution in [0.2, 0.25) is 0 Å². The molecule has 8 heteroatoms. The van der Waals surface area contributed by atoms with Crippen molar-refractivity contribution in [1.29, 1.82) is 0 Å². The van der Waals surface area contributed by atoms with E-state index in [9.17, 15) is 4.79 Å². The van der Waals surface area contributed by atoms with E-state index in [-0.39, 0.29) is 17.8 Å². The van der Waals surface area contributed by atoms with Crippen LogP contribution in [0.4, 0.5) is 5.82 Å². The maximum atomic E-state index is 12.0. The van der Waals surface area contributed by atoms with Crippen LogP contribution >= 0.6 is 0 Å². The number of rotatable bonds is 4. The molecule has 1 aromatic rings. The predicted molar refractivity (Wildman–Crippen MR) is 72.6 cm³/mol. The zero-order valence-electron chi connectivity index (χ0n) is 11.4. The van der Waals surface area contributed by atoms with E-state index in [1.807, 2.05) is 0 Å². The summed E-state index contributed by atoms with van der Waals surface area (Å²) in [4.78, 5) is 12.0. The lowest BCUT2D eigenvalue weighted by molar-refractivity contribution is -0.119. The number of nitrogens with two attached hydrogens (primary N) is 1. The highest BCUT2D eigenvalue weighted by atomic mass is 16.5. The number of nitrogens with zero attached hydrogens (tertiary/aromatic N) is 3. The highest BCUT2D eigenvalue weighted by Crippen LogP contribution is 2.18. The minimum Gasteiger partial charge on any atom is -0.409 e. The topological polar surface area (TPSA) is 115 Å². The van der Waals surface area contributed by atoms with Crippen molar-refractivity contribution in [3.05, 3.63) is 11.8 Å². The lowest BCUT2D eigenvalue weighted by Crippen LogP contribution is -2.27. The Kier molecular flexibility index (Phi) is 4.57. The number of carbonyl (C=O) groups is 1. The molecule has 4 N–H and O–H groups in total. The number of anilines is 1. The smallest absolute Gasteiger partial charge is 0.228 e. The molecule has 1 amide bonds. The van der Waals surface area contributed by atoms with E-state index < -0.39 is 0 Å². The second kappa shape index (κ2) is 6.38. The number of amides is 1. The first-order valence-corrected chi connectivity index (χ1v) is 6.53. The van der Waals surface area contributed by atoms with Crippen molar-refractivity contribution >= 4 is 17.6 Å². The maximum Gasteiger partial charge on any atom is 0.228 e. The highest BCUT2D eigenvalue weighted by Gasteiger charge is 2.20. The van der Waals surface area contributed by atoms with Crippen LogP contribution in [0.3, 0.4) is 0 Å². The fourth-order valence-electron chi connectivity index (χ4n) is 2.19. The maximum absolute atomic E-state index is 12.0. The summed E-state index contributed by atoms with van der Waals surface area (Å²) in [5.41, 5.74) is 5.92. The molecule has 0 spiro atoms. The first kappa shape index (κ1) is 14.3. The molecule has 1 fully saturated rings. The van der Waals surface area contributed by atoms with Gasteiger partial charge < -0.3 is 21.0 Å². The molecule has 2 heterocycles. The monoisotopic (exact) mass is 281 g/mol. The molecule has 110 valence electrons. The molecule has 0 radical (unpaired) electrons. The quantitative estimate of drug-likeness (QED) is 0.320. The van der Waals surface area contributed by atoms with Gasteiger partial charge >= 0.3 is 0 Å². The highest BCUT2D eigenvalue weighted by molar-refractivity contribution is 6.04. The molecule has 2 rings (SSSR count). The van der Waals surface area contributed by atoms with Crippen LogP contribution in [0.5, 0.6) is 0 Å². The SMILES string of the molecule is Cn1ncc(C(N)=NO)c1NC(=O)CC1CCCCO1. The lowest BCUT2D eigenvalue weighted by Gasteiger charge is -2.22. The van der Waals surface area contributed by atoms with E-state index in [0.717, 1.165) is 19.3 Å². The summed E-state index contributed by atoms with van der Waals surface area (Å²) in [5.74, 6) is 0.135. The van der Waals surface area contributed by atoms with Crippen LogP contribution in [-0.4, -0.2) is 39.4 Å². The summed E-state index contributed by atoms with van der Waals surface area (Å²) in [6.07, 6.45) is 4.71. The molecule has 1 atom stereocenters. The van der Waals surface area contributed by atoms with Gasteiger partial charge in [0.25, 0.3) is 0 Å². The second-order valence-electron chi connectivity index (χ2n) is 4.76. The molecule has 0 saturated carbocycles. The van der Waals surface area contributed by atoms with Gasteiger partial charge in [0.2, 0.25) is 5.91 Å². The summed E-state index contributed by atoms with van der Waals surface area (Å²) < 4.78 is 6.99. The van der Waals surface area contributed by atoms with Gasteiger partial charge in [-0.2, -0.15) is 5.10 Å². The van der Waals surface area contributed by atoms with Crippen molar-refractivity contribution in [2.24, 2.45) is 17.9 Å². The summed E-state index contributed by atoms with van der Waals surface area (Å²) in [7, 11) is 1.67. The third-order valence-corrected chi connectivity index (χ3v) is 3.27. The first-order chi connectivity index (χ1) is 9.61. The molecule has 1 aliphatic heterocycles. The van der Waals surface area contributed by atoms with E-state index in [4.69, 9.17) is 15.7 Å². The fraction of sp³-hybridized carbons (Fsp3) is 0.583. The molecule has 20 heavy (non-hydrogen) atoms. The first-order valence-electron chi connectivity index (χ1n) is 6.53. The van der Waals surface area contributed by atoms with Crippen molar-refractivity contribution in [3.8, 4) is 0 Å². The number of amidine groups is 1. The van der Waals surface area contributed by atoms with Crippen LogP contribution in [0.1, 0.15) is 31.2 Å². The van der Waals surface area contributed by atoms with Crippen molar-refractivity contribution in [2.75, 3.05) is 11.9 Å². The Labute approximate surface area is 116 Å². The number of aromatic nitrogens is 2. The number of hydrogen-bond donors (Lipinski definition) is 3. The Morgan fingerprint density at radius 3 is 3.15 bits per heavy atom. The van der Waals surface area contributed by atoms with Gasteiger partial charge in [-0.15, -0.1) is 0 Å². The summed E-state index contributed by atoms with van der Waals surface area (Å²) in [5, 5.41) is 18.3. The Morgan fingerprint density at radius 2 is 2.50 bits per heavy atom. The third kappa shape index (κ3) is 3.27. The number of hydrogen-bond acceptors (Lipinski definition) is 5. The van der Waals surface area contributed by atoms with E-state index >= 15 is 0 Å². The summed E-state index contributed by atoms with van der Waals surface area (Å²) in [6, 6.07) is 0. The van der Waals surface area contributed by atoms with E-state index in [1.165, 1.54) is 10.9 Å². The van der Waals surface area contributed by atoms with Crippen molar-refractivity contribution < 1.29 is 14.7 Å². The molecule has 8 nitrogen and oxygen atoms in total. The van der Waals surface area contributed by atoms with Gasteiger partial charge in [0, 0.05) is 13.7 Å². The van der Waals surface area contributed by atoms with Gasteiger partial charge in [-0.05, 0) is 19.3 Å². The molecule has 0 bridgehead atoms. The Bertz CT molecular complexity index is 505. The van der Waals surface area contributed by atoms with E-state index in [0.29, 0.717) is 24.4 Å². The van der Waals surface area contributed by atoms with Crippen LogP contribution in [0.15, 0.2) is 11.4 Å². The summed E-state index contributed by atoms with van der Waals surface area (Å²) in [6.45, 7) is 0.707.